The average molecular weight is 368 g/mol. The molecule has 1 aliphatic heterocycles. The van der Waals surface area contributed by atoms with E-state index in [9.17, 15) is 24.0 Å². The highest BCUT2D eigenvalue weighted by molar-refractivity contribution is 6.07. The van der Waals surface area contributed by atoms with E-state index in [-0.39, 0.29) is 31.0 Å². The van der Waals surface area contributed by atoms with Crippen molar-refractivity contribution in [3.05, 3.63) is 42.0 Å². The normalized spacial score (nSPS) is 18.9. The van der Waals surface area contributed by atoms with E-state index in [0.717, 1.165) is 11.2 Å². The SMILES string of the molecule is CN(CC(=O)N1CC(C=O)CC1C#N)C(=O)c1c(F)ccc2ccncc12. The van der Waals surface area contributed by atoms with Crippen LogP contribution in [0.4, 0.5) is 4.39 Å². The maximum atomic E-state index is 14.3. The second-order valence-electron chi connectivity index (χ2n) is 6.50. The quantitative estimate of drug-likeness (QED) is 0.760. The summed E-state index contributed by atoms with van der Waals surface area (Å²) < 4.78 is 14.3. The van der Waals surface area contributed by atoms with Gasteiger partial charge in [-0.15, -0.1) is 0 Å². The number of carbonyl (C=O) groups excluding carboxylic acids is 3. The fraction of sp³-hybridized carbons (Fsp3) is 0.316. The first-order chi connectivity index (χ1) is 13.0. The van der Waals surface area contributed by atoms with Crippen LogP contribution in [0.3, 0.4) is 0 Å². The second-order valence-corrected chi connectivity index (χ2v) is 6.50. The number of benzene rings is 1. The average Bonchev–Trinajstić information content (AvgIpc) is 3.11. The van der Waals surface area contributed by atoms with Gasteiger partial charge in [-0.2, -0.15) is 5.26 Å². The Labute approximate surface area is 155 Å². The molecule has 0 spiro atoms. The van der Waals surface area contributed by atoms with Crippen LogP contribution in [-0.2, 0) is 9.59 Å². The van der Waals surface area contributed by atoms with Gasteiger partial charge in [-0.05, 0) is 23.9 Å². The first-order valence-corrected chi connectivity index (χ1v) is 8.38. The number of aldehydes is 1. The van der Waals surface area contributed by atoms with Crippen molar-refractivity contribution >= 4 is 28.9 Å². The van der Waals surface area contributed by atoms with Crippen molar-refractivity contribution in [3.63, 3.8) is 0 Å². The van der Waals surface area contributed by atoms with Gasteiger partial charge >= 0.3 is 0 Å². The Morgan fingerprint density at radius 3 is 2.93 bits per heavy atom. The summed E-state index contributed by atoms with van der Waals surface area (Å²) in [7, 11) is 1.39. The lowest BCUT2D eigenvalue weighted by molar-refractivity contribution is -0.131. The third-order valence-electron chi connectivity index (χ3n) is 4.70. The largest absolute Gasteiger partial charge is 0.332 e. The van der Waals surface area contributed by atoms with Crippen molar-refractivity contribution in [1.82, 2.24) is 14.8 Å². The maximum absolute atomic E-state index is 14.3. The molecule has 0 saturated carbocycles. The highest BCUT2D eigenvalue weighted by Crippen LogP contribution is 2.24. The Bertz CT molecular complexity index is 956. The lowest BCUT2D eigenvalue weighted by Gasteiger charge is -2.24. The number of likely N-dealkylation sites (N-methyl/N-ethyl adjacent to an activating group) is 1. The van der Waals surface area contributed by atoms with Crippen molar-refractivity contribution < 1.29 is 18.8 Å². The molecule has 1 aliphatic rings. The summed E-state index contributed by atoms with van der Waals surface area (Å²) in [4.78, 5) is 42.6. The molecule has 3 rings (SSSR count). The Morgan fingerprint density at radius 1 is 1.44 bits per heavy atom. The van der Waals surface area contributed by atoms with Crippen molar-refractivity contribution in [2.24, 2.45) is 5.92 Å². The number of nitriles is 1. The highest BCUT2D eigenvalue weighted by Gasteiger charge is 2.36. The monoisotopic (exact) mass is 368 g/mol. The molecule has 2 heterocycles. The molecule has 2 atom stereocenters. The van der Waals surface area contributed by atoms with E-state index in [2.05, 4.69) is 4.98 Å². The minimum Gasteiger partial charge on any atom is -0.332 e. The lowest BCUT2D eigenvalue weighted by atomic mass is 10.1. The number of amides is 2. The van der Waals surface area contributed by atoms with Gasteiger partial charge in [0, 0.05) is 37.3 Å². The van der Waals surface area contributed by atoms with Gasteiger partial charge in [-0.25, -0.2) is 4.39 Å². The van der Waals surface area contributed by atoms with Crippen LogP contribution in [0, 0.1) is 23.1 Å². The number of pyridine rings is 1. The van der Waals surface area contributed by atoms with Crippen LogP contribution >= 0.6 is 0 Å². The molecule has 1 saturated heterocycles. The minimum atomic E-state index is -0.699. The molecule has 2 aromatic rings. The van der Waals surface area contributed by atoms with Gasteiger partial charge in [-0.1, -0.05) is 6.07 Å². The summed E-state index contributed by atoms with van der Waals surface area (Å²) in [5.41, 5.74) is -0.153. The number of nitrogens with zero attached hydrogens (tertiary/aromatic N) is 4. The molecular weight excluding hydrogens is 351 g/mol. The van der Waals surface area contributed by atoms with Gasteiger partial charge in [0.05, 0.1) is 18.2 Å². The molecule has 138 valence electrons. The number of halogens is 1. The van der Waals surface area contributed by atoms with Gasteiger partial charge < -0.3 is 14.6 Å². The number of hydrogen-bond donors (Lipinski definition) is 0. The van der Waals surface area contributed by atoms with Crippen LogP contribution in [0.1, 0.15) is 16.8 Å². The van der Waals surface area contributed by atoms with Crippen LogP contribution in [-0.4, -0.2) is 59.1 Å². The Kier molecular flexibility index (Phi) is 5.12. The Hall–Kier alpha value is -3.34. The molecule has 1 aromatic heterocycles. The predicted molar refractivity (Wildman–Crippen MR) is 93.9 cm³/mol. The summed E-state index contributed by atoms with van der Waals surface area (Å²) >= 11 is 0. The fourth-order valence-electron chi connectivity index (χ4n) is 3.27. The zero-order chi connectivity index (χ0) is 19.6. The summed E-state index contributed by atoms with van der Waals surface area (Å²) in [5, 5.41) is 10.2. The van der Waals surface area contributed by atoms with E-state index in [4.69, 9.17) is 0 Å². The van der Waals surface area contributed by atoms with Crippen molar-refractivity contribution in [1.29, 1.82) is 5.26 Å². The first-order valence-electron chi connectivity index (χ1n) is 8.38. The molecule has 0 N–H and O–H groups in total. The molecule has 27 heavy (non-hydrogen) atoms. The van der Waals surface area contributed by atoms with Crippen molar-refractivity contribution in [2.45, 2.75) is 12.5 Å². The smallest absolute Gasteiger partial charge is 0.257 e. The van der Waals surface area contributed by atoms with E-state index >= 15 is 0 Å². The van der Waals surface area contributed by atoms with Gasteiger partial charge in [0.25, 0.3) is 5.91 Å². The van der Waals surface area contributed by atoms with Crippen LogP contribution in [0.2, 0.25) is 0 Å². The molecule has 2 amide bonds. The van der Waals surface area contributed by atoms with E-state index in [1.54, 1.807) is 18.3 Å². The van der Waals surface area contributed by atoms with Gasteiger partial charge in [0.1, 0.15) is 18.1 Å². The summed E-state index contributed by atoms with van der Waals surface area (Å²) in [5.74, 6) is -2.20. The van der Waals surface area contributed by atoms with Gasteiger partial charge in [-0.3, -0.25) is 14.6 Å². The summed E-state index contributed by atoms with van der Waals surface area (Å²) in [6.45, 7) is -0.173. The molecular formula is C19H17FN4O3. The van der Waals surface area contributed by atoms with Gasteiger partial charge in [0.2, 0.25) is 5.91 Å². The number of rotatable bonds is 4. The molecule has 0 aliphatic carbocycles. The number of fused-ring (bicyclic) bond motifs is 1. The third kappa shape index (κ3) is 3.49. The maximum Gasteiger partial charge on any atom is 0.257 e. The van der Waals surface area contributed by atoms with E-state index < -0.39 is 23.7 Å². The fourth-order valence-corrected chi connectivity index (χ4v) is 3.27. The molecule has 2 unspecified atom stereocenters. The standard InChI is InChI=1S/C19H17FN4O3/c1-23(10-17(26)24-9-12(11-25)6-14(24)7-21)19(27)18-15-8-22-5-4-13(15)2-3-16(18)20/h2-5,8,11-12,14H,6,9-10H2,1H3. The summed E-state index contributed by atoms with van der Waals surface area (Å²) in [6.07, 6.45) is 3.96. The van der Waals surface area contributed by atoms with E-state index in [1.165, 1.54) is 24.2 Å². The molecule has 1 aromatic carbocycles. The van der Waals surface area contributed by atoms with Gasteiger partial charge in [0.15, 0.2) is 0 Å². The first kappa shape index (κ1) is 18.5. The number of aromatic nitrogens is 1. The predicted octanol–water partition coefficient (Wildman–Crippen LogP) is 1.39. The van der Waals surface area contributed by atoms with Crippen LogP contribution in [0.25, 0.3) is 10.8 Å². The van der Waals surface area contributed by atoms with Crippen molar-refractivity contribution in [2.75, 3.05) is 20.1 Å². The molecule has 8 heteroatoms. The van der Waals surface area contributed by atoms with E-state index in [0.29, 0.717) is 10.8 Å². The topological polar surface area (TPSA) is 94.4 Å². The van der Waals surface area contributed by atoms with E-state index in [1.807, 2.05) is 6.07 Å². The molecule has 7 nitrogen and oxygen atoms in total. The third-order valence-corrected chi connectivity index (χ3v) is 4.70. The summed E-state index contributed by atoms with van der Waals surface area (Å²) in [6, 6.07) is 5.72. The molecule has 1 fully saturated rings. The number of carbonyl (C=O) groups is 3. The van der Waals surface area contributed by atoms with Crippen LogP contribution < -0.4 is 0 Å². The van der Waals surface area contributed by atoms with Crippen LogP contribution in [0.15, 0.2) is 30.6 Å². The van der Waals surface area contributed by atoms with Crippen molar-refractivity contribution in [3.8, 4) is 6.07 Å². The molecule has 0 bridgehead atoms. The molecule has 0 radical (unpaired) electrons. The Balaban J connectivity index is 1.81. The van der Waals surface area contributed by atoms with Crippen LogP contribution in [0.5, 0.6) is 0 Å². The minimum absolute atomic E-state index is 0.148. The lowest BCUT2D eigenvalue weighted by Crippen LogP contribution is -2.43. The zero-order valence-electron chi connectivity index (χ0n) is 14.6. The second kappa shape index (κ2) is 7.50. The zero-order valence-corrected chi connectivity index (χ0v) is 14.6. The number of likely N-dealkylation sites (tertiary alicyclic amines) is 1. The number of hydrogen-bond acceptors (Lipinski definition) is 5. The Morgan fingerprint density at radius 2 is 2.22 bits per heavy atom. The highest BCUT2D eigenvalue weighted by atomic mass is 19.1.